The molecule has 0 saturated carbocycles. The van der Waals surface area contributed by atoms with Gasteiger partial charge in [-0.1, -0.05) is 28.1 Å². The summed E-state index contributed by atoms with van der Waals surface area (Å²) in [6.45, 7) is 4.12. The first-order valence-electron chi connectivity index (χ1n) is 6.37. The van der Waals surface area contributed by atoms with Gasteiger partial charge >= 0.3 is 0 Å². The maximum atomic E-state index is 12.0. The molecule has 0 fully saturated rings. The van der Waals surface area contributed by atoms with Crippen LogP contribution in [-0.4, -0.2) is 5.78 Å². The van der Waals surface area contributed by atoms with E-state index in [1.165, 1.54) is 11.1 Å². The summed E-state index contributed by atoms with van der Waals surface area (Å²) in [6.07, 6.45) is 3.23. The lowest BCUT2D eigenvalue weighted by atomic mass is 10.1. The van der Waals surface area contributed by atoms with Gasteiger partial charge in [-0.2, -0.15) is 0 Å². The molecule has 0 aromatic heterocycles. The van der Waals surface area contributed by atoms with Crippen molar-refractivity contribution in [1.29, 1.82) is 0 Å². The predicted octanol–water partition coefficient (Wildman–Crippen LogP) is 4.87. The molecule has 0 aliphatic heterocycles. The van der Waals surface area contributed by atoms with Crippen molar-refractivity contribution < 1.29 is 4.79 Å². The van der Waals surface area contributed by atoms with Gasteiger partial charge in [-0.15, -0.1) is 0 Å². The molecule has 2 nitrogen and oxygen atoms in total. The minimum Gasteiger partial charge on any atom is -0.361 e. The zero-order valence-electron chi connectivity index (χ0n) is 11.5. The summed E-state index contributed by atoms with van der Waals surface area (Å²) < 4.78 is 0.964. The number of allylic oxidation sites excluding steroid dienone is 1. The monoisotopic (exact) mass is 329 g/mol. The van der Waals surface area contributed by atoms with Gasteiger partial charge in [-0.3, -0.25) is 4.79 Å². The van der Waals surface area contributed by atoms with Crippen molar-refractivity contribution in [2.75, 3.05) is 5.32 Å². The molecule has 3 heteroatoms. The maximum absolute atomic E-state index is 12.0. The second-order valence-electron chi connectivity index (χ2n) is 4.60. The summed E-state index contributed by atoms with van der Waals surface area (Å²) in [5.41, 5.74) is 4.10. The topological polar surface area (TPSA) is 29.1 Å². The van der Waals surface area contributed by atoms with Crippen molar-refractivity contribution in [3.8, 4) is 0 Å². The van der Waals surface area contributed by atoms with Crippen LogP contribution in [0.1, 0.15) is 21.5 Å². The lowest BCUT2D eigenvalue weighted by molar-refractivity contribution is 0.104. The van der Waals surface area contributed by atoms with Crippen LogP contribution in [-0.2, 0) is 0 Å². The fourth-order valence-corrected chi connectivity index (χ4v) is 2.09. The summed E-state index contributed by atoms with van der Waals surface area (Å²) in [6, 6.07) is 13.4. The highest BCUT2D eigenvalue weighted by atomic mass is 79.9. The van der Waals surface area contributed by atoms with Crippen molar-refractivity contribution in [3.05, 3.63) is 75.9 Å². The number of benzene rings is 2. The number of hydrogen-bond acceptors (Lipinski definition) is 2. The Morgan fingerprint density at radius 1 is 1.10 bits per heavy atom. The molecule has 0 atom stereocenters. The first-order chi connectivity index (χ1) is 9.58. The van der Waals surface area contributed by atoms with Gasteiger partial charge in [0, 0.05) is 28.0 Å². The van der Waals surface area contributed by atoms with Crippen LogP contribution < -0.4 is 5.32 Å². The first kappa shape index (κ1) is 14.5. The average molecular weight is 330 g/mol. The number of hydrogen-bond donors (Lipinski definition) is 1. The predicted molar refractivity (Wildman–Crippen MR) is 87.2 cm³/mol. The van der Waals surface area contributed by atoms with E-state index in [1.54, 1.807) is 24.4 Å². The van der Waals surface area contributed by atoms with E-state index in [9.17, 15) is 4.79 Å². The second kappa shape index (κ2) is 6.53. The highest BCUT2D eigenvalue weighted by Gasteiger charge is 2.01. The van der Waals surface area contributed by atoms with Crippen molar-refractivity contribution >= 4 is 27.4 Å². The molecule has 0 bridgehead atoms. The zero-order chi connectivity index (χ0) is 14.5. The fourth-order valence-electron chi connectivity index (χ4n) is 1.82. The summed E-state index contributed by atoms with van der Waals surface area (Å²) in [5, 5.41) is 3.16. The molecule has 0 spiro atoms. The molecule has 2 aromatic rings. The second-order valence-corrected chi connectivity index (χ2v) is 5.51. The van der Waals surface area contributed by atoms with E-state index in [-0.39, 0.29) is 5.78 Å². The Hall–Kier alpha value is -1.87. The normalized spacial score (nSPS) is 10.8. The molecule has 0 saturated heterocycles. The number of nitrogens with one attached hydrogen (secondary N) is 1. The number of aryl methyl sites for hydroxylation is 1. The Morgan fingerprint density at radius 3 is 2.50 bits per heavy atom. The molecule has 102 valence electrons. The van der Waals surface area contributed by atoms with E-state index in [0.29, 0.717) is 5.56 Å². The number of carbonyl (C=O) groups is 1. The Balaban J connectivity index is 2.05. The smallest absolute Gasteiger partial charge is 0.187 e. The van der Waals surface area contributed by atoms with E-state index in [4.69, 9.17) is 0 Å². The molecule has 2 rings (SSSR count). The molecule has 0 heterocycles. The van der Waals surface area contributed by atoms with Crippen LogP contribution in [0.3, 0.4) is 0 Å². The van der Waals surface area contributed by atoms with Gasteiger partial charge in [0.1, 0.15) is 0 Å². The van der Waals surface area contributed by atoms with Crippen molar-refractivity contribution in [2.45, 2.75) is 13.8 Å². The highest BCUT2D eigenvalue weighted by molar-refractivity contribution is 9.10. The molecule has 0 amide bonds. The molecular formula is C17H16BrNO. The lowest BCUT2D eigenvalue weighted by Crippen LogP contribution is -1.97. The molecule has 0 aliphatic rings. The van der Waals surface area contributed by atoms with E-state index in [2.05, 4.69) is 41.2 Å². The Labute approximate surface area is 127 Å². The quantitative estimate of drug-likeness (QED) is 0.640. The van der Waals surface area contributed by atoms with Crippen molar-refractivity contribution in [3.63, 3.8) is 0 Å². The van der Waals surface area contributed by atoms with E-state index in [0.717, 1.165) is 10.2 Å². The molecule has 2 aromatic carbocycles. The number of rotatable bonds is 4. The largest absolute Gasteiger partial charge is 0.361 e. The minimum absolute atomic E-state index is 0.0182. The SMILES string of the molecule is Cc1cccc(N/C=C/C(=O)c2ccc(Br)cc2)c1C. The van der Waals surface area contributed by atoms with Gasteiger partial charge in [-0.05, 0) is 55.3 Å². The van der Waals surface area contributed by atoms with Crippen LogP contribution in [0.4, 0.5) is 5.69 Å². The van der Waals surface area contributed by atoms with Gasteiger partial charge in [0.05, 0.1) is 0 Å². The lowest BCUT2D eigenvalue weighted by Gasteiger charge is -2.07. The highest BCUT2D eigenvalue weighted by Crippen LogP contribution is 2.18. The average Bonchev–Trinajstić information content (AvgIpc) is 2.44. The van der Waals surface area contributed by atoms with Gasteiger partial charge < -0.3 is 5.32 Å². The van der Waals surface area contributed by atoms with Gasteiger partial charge in [0.25, 0.3) is 0 Å². The fraction of sp³-hybridized carbons (Fsp3) is 0.118. The summed E-state index contributed by atoms with van der Waals surface area (Å²) in [4.78, 5) is 12.0. The van der Waals surface area contributed by atoms with Gasteiger partial charge in [0.2, 0.25) is 0 Å². The van der Waals surface area contributed by atoms with Crippen LogP contribution in [0.2, 0.25) is 0 Å². The third kappa shape index (κ3) is 3.58. The maximum Gasteiger partial charge on any atom is 0.187 e. The number of carbonyl (C=O) groups excluding carboxylic acids is 1. The Morgan fingerprint density at radius 2 is 1.80 bits per heavy atom. The van der Waals surface area contributed by atoms with E-state index < -0.39 is 0 Å². The van der Waals surface area contributed by atoms with Crippen LogP contribution >= 0.6 is 15.9 Å². The van der Waals surface area contributed by atoms with Crippen LogP contribution in [0.25, 0.3) is 0 Å². The van der Waals surface area contributed by atoms with E-state index >= 15 is 0 Å². The molecule has 0 unspecified atom stereocenters. The molecule has 20 heavy (non-hydrogen) atoms. The number of anilines is 1. The van der Waals surface area contributed by atoms with Crippen LogP contribution in [0.15, 0.2) is 59.2 Å². The Bertz CT molecular complexity index is 645. The van der Waals surface area contributed by atoms with Crippen LogP contribution in [0.5, 0.6) is 0 Å². The Kier molecular flexibility index (Phi) is 4.74. The van der Waals surface area contributed by atoms with Gasteiger partial charge in [-0.25, -0.2) is 0 Å². The number of halogens is 1. The number of ketones is 1. The first-order valence-corrected chi connectivity index (χ1v) is 7.16. The molecule has 0 aliphatic carbocycles. The molecule has 0 radical (unpaired) electrons. The summed E-state index contributed by atoms with van der Waals surface area (Å²) >= 11 is 3.35. The third-order valence-corrected chi connectivity index (χ3v) is 3.74. The van der Waals surface area contributed by atoms with Gasteiger partial charge in [0.15, 0.2) is 5.78 Å². The molecular weight excluding hydrogens is 314 g/mol. The minimum atomic E-state index is -0.0182. The summed E-state index contributed by atoms with van der Waals surface area (Å²) in [5.74, 6) is -0.0182. The summed E-state index contributed by atoms with van der Waals surface area (Å²) in [7, 11) is 0. The zero-order valence-corrected chi connectivity index (χ0v) is 13.1. The molecule has 1 N–H and O–H groups in total. The van der Waals surface area contributed by atoms with E-state index in [1.807, 2.05) is 24.3 Å². The van der Waals surface area contributed by atoms with Crippen molar-refractivity contribution in [2.24, 2.45) is 0 Å². The third-order valence-electron chi connectivity index (χ3n) is 3.21. The van der Waals surface area contributed by atoms with Crippen LogP contribution in [0, 0.1) is 13.8 Å². The van der Waals surface area contributed by atoms with Crippen molar-refractivity contribution in [1.82, 2.24) is 0 Å². The standard InChI is InChI=1S/C17H16BrNO/c1-12-4-3-5-16(13(12)2)19-11-10-17(20)14-6-8-15(18)9-7-14/h3-11,19H,1-2H3/b11-10+.